The predicted octanol–water partition coefficient (Wildman–Crippen LogP) is 3.04. The lowest BCUT2D eigenvalue weighted by atomic mass is 10.3. The molecule has 2 rings (SSSR count). The first kappa shape index (κ1) is 16.2. The number of benzene rings is 2. The minimum Gasteiger partial charge on any atom is -0.307 e. The average molecular weight is 333 g/mol. The van der Waals surface area contributed by atoms with E-state index in [4.69, 9.17) is 5.53 Å². The molecule has 11 heteroatoms. The van der Waals surface area contributed by atoms with Crippen molar-refractivity contribution in [2.75, 3.05) is 0 Å². The Kier molecular flexibility index (Phi) is 4.40. The molecule has 0 radical (unpaired) electrons. The van der Waals surface area contributed by atoms with E-state index < -0.39 is 17.1 Å². The maximum atomic E-state index is 13.0. The summed E-state index contributed by atoms with van der Waals surface area (Å²) >= 11 is 0. The second-order valence-corrected chi connectivity index (χ2v) is 6.67. The molecule has 0 heterocycles. The quantitative estimate of drug-likeness (QED) is 0.205. The highest BCUT2D eigenvalue weighted by Gasteiger charge is 2.27. The molecule has 0 spiro atoms. The molecule has 0 saturated carbocycles. The third-order valence-electron chi connectivity index (χ3n) is 2.99. The molecule has 0 amide bonds. The Morgan fingerprint density at radius 3 is 1.48 bits per heavy atom. The van der Waals surface area contributed by atoms with Crippen LogP contribution in [-0.2, 0) is 4.57 Å². The Morgan fingerprint density at radius 2 is 1.22 bits per heavy atom. The van der Waals surface area contributed by atoms with Crippen molar-refractivity contribution in [2.45, 2.75) is 0 Å². The number of nitro benzene ring substituents is 2. The molecule has 0 aromatic heterocycles. The van der Waals surface area contributed by atoms with Crippen molar-refractivity contribution in [1.82, 2.24) is 0 Å². The minimum absolute atomic E-state index is 0.0924. The molecule has 116 valence electrons. The highest BCUT2D eigenvalue weighted by molar-refractivity contribution is 7.77. The zero-order chi connectivity index (χ0) is 17.0. The van der Waals surface area contributed by atoms with Crippen LogP contribution in [0.15, 0.2) is 53.4 Å². The Morgan fingerprint density at radius 1 is 0.870 bits per heavy atom. The Balaban J connectivity index is 2.54. The lowest BCUT2D eigenvalue weighted by Crippen LogP contribution is -2.14. The first-order chi connectivity index (χ1) is 10.9. The van der Waals surface area contributed by atoms with Crippen molar-refractivity contribution in [3.8, 4) is 0 Å². The zero-order valence-electron chi connectivity index (χ0n) is 11.3. The molecule has 0 atom stereocenters. The van der Waals surface area contributed by atoms with Gasteiger partial charge in [-0.15, -0.1) is 0 Å². The summed E-state index contributed by atoms with van der Waals surface area (Å²) < 4.78 is 13.0. The summed E-state index contributed by atoms with van der Waals surface area (Å²) in [6, 6.07) is 9.48. The van der Waals surface area contributed by atoms with E-state index in [9.17, 15) is 24.8 Å². The van der Waals surface area contributed by atoms with Gasteiger partial charge in [0.05, 0.1) is 9.85 Å². The molecule has 0 fully saturated rings. The summed E-state index contributed by atoms with van der Waals surface area (Å²) in [4.78, 5) is 26.0. The van der Waals surface area contributed by atoms with Gasteiger partial charge in [0, 0.05) is 39.8 Å². The molecule has 0 aliphatic carbocycles. The monoisotopic (exact) mass is 333 g/mol. The zero-order valence-corrected chi connectivity index (χ0v) is 12.2. The van der Waals surface area contributed by atoms with Gasteiger partial charge in [0.2, 0.25) is 7.29 Å². The van der Waals surface area contributed by atoms with Crippen LogP contribution in [0.5, 0.6) is 0 Å². The van der Waals surface area contributed by atoms with Crippen LogP contribution < -0.4 is 10.6 Å². The van der Waals surface area contributed by atoms with Gasteiger partial charge in [-0.3, -0.25) is 20.2 Å². The Bertz CT molecular complexity index is 797. The van der Waals surface area contributed by atoms with Crippen LogP contribution in [0.2, 0.25) is 0 Å². The fraction of sp³-hybridized carbons (Fsp3) is 0. The first-order valence-electron chi connectivity index (χ1n) is 6.05. The normalized spacial score (nSPS) is 10.6. The number of nitrogens with zero attached hydrogens (tertiary/aromatic N) is 5. The molecule has 0 saturated heterocycles. The largest absolute Gasteiger partial charge is 0.307 e. The van der Waals surface area contributed by atoms with Gasteiger partial charge >= 0.3 is 0 Å². The van der Waals surface area contributed by atoms with Gasteiger partial charge in [0.25, 0.3) is 11.4 Å². The minimum atomic E-state index is -3.76. The van der Waals surface area contributed by atoms with E-state index >= 15 is 0 Å². The van der Waals surface area contributed by atoms with Gasteiger partial charge in [-0.1, -0.05) is 0 Å². The molecule has 0 bridgehead atoms. The fourth-order valence-corrected chi connectivity index (χ4v) is 3.59. The van der Waals surface area contributed by atoms with E-state index in [1.54, 1.807) is 0 Å². The summed E-state index contributed by atoms with van der Waals surface area (Å²) in [5.74, 6) is 0. The van der Waals surface area contributed by atoms with E-state index in [0.717, 1.165) is 24.3 Å². The van der Waals surface area contributed by atoms with Crippen LogP contribution in [0.25, 0.3) is 10.4 Å². The summed E-state index contributed by atoms with van der Waals surface area (Å²) in [5, 5.41) is 21.5. The number of hydrogen-bond donors (Lipinski definition) is 0. The molecular formula is C12H8N5O5P. The van der Waals surface area contributed by atoms with Crippen molar-refractivity contribution in [3.05, 3.63) is 79.2 Å². The van der Waals surface area contributed by atoms with Gasteiger partial charge in [0.15, 0.2) is 0 Å². The van der Waals surface area contributed by atoms with Crippen LogP contribution in [0.3, 0.4) is 0 Å². The summed E-state index contributed by atoms with van der Waals surface area (Å²) in [5.41, 5.74) is 8.27. The number of non-ortho nitro benzene ring substituents is 2. The molecule has 0 unspecified atom stereocenters. The molecule has 0 aliphatic rings. The maximum Gasteiger partial charge on any atom is 0.269 e. The number of azide groups is 1. The smallest absolute Gasteiger partial charge is 0.269 e. The molecule has 2 aromatic carbocycles. The number of hydrogen-bond acceptors (Lipinski definition) is 5. The number of nitro groups is 2. The van der Waals surface area contributed by atoms with E-state index in [2.05, 4.69) is 9.80 Å². The van der Waals surface area contributed by atoms with Gasteiger partial charge in [-0.25, -0.2) is 0 Å². The topological polar surface area (TPSA) is 152 Å². The first-order valence-corrected chi connectivity index (χ1v) is 7.71. The van der Waals surface area contributed by atoms with Crippen LogP contribution in [0.4, 0.5) is 11.4 Å². The Labute approximate surface area is 128 Å². The van der Waals surface area contributed by atoms with Gasteiger partial charge in [-0.05, 0) is 34.7 Å². The summed E-state index contributed by atoms with van der Waals surface area (Å²) in [6.45, 7) is 0. The highest BCUT2D eigenvalue weighted by Crippen LogP contribution is 2.45. The molecule has 2 aromatic rings. The SMILES string of the molecule is [N-]=[N+]=NP(=O)(c1ccc([N+](=O)[O-])cc1)c1ccc([N+](=O)[O-])cc1. The highest BCUT2D eigenvalue weighted by atomic mass is 31.2. The van der Waals surface area contributed by atoms with Crippen LogP contribution in [0, 0.1) is 20.2 Å². The van der Waals surface area contributed by atoms with E-state index in [1.807, 2.05) is 0 Å². The molecular weight excluding hydrogens is 325 g/mol. The second-order valence-electron chi connectivity index (χ2n) is 4.30. The van der Waals surface area contributed by atoms with Gasteiger partial charge < -0.3 is 4.57 Å². The second kappa shape index (κ2) is 6.27. The molecule has 0 aliphatic heterocycles. The average Bonchev–Trinajstić information content (AvgIpc) is 2.55. The van der Waals surface area contributed by atoms with Crippen LogP contribution >= 0.6 is 7.29 Å². The molecule has 10 nitrogen and oxygen atoms in total. The van der Waals surface area contributed by atoms with E-state index in [1.165, 1.54) is 24.3 Å². The predicted molar refractivity (Wildman–Crippen MR) is 82.2 cm³/mol. The summed E-state index contributed by atoms with van der Waals surface area (Å²) in [7, 11) is -3.76. The maximum absolute atomic E-state index is 13.0. The van der Waals surface area contributed by atoms with E-state index in [-0.39, 0.29) is 22.0 Å². The molecule has 23 heavy (non-hydrogen) atoms. The van der Waals surface area contributed by atoms with Crippen molar-refractivity contribution < 1.29 is 14.4 Å². The third-order valence-corrected chi connectivity index (χ3v) is 5.32. The summed E-state index contributed by atoms with van der Waals surface area (Å²) in [6.07, 6.45) is 0. The van der Waals surface area contributed by atoms with Crippen molar-refractivity contribution in [3.63, 3.8) is 0 Å². The van der Waals surface area contributed by atoms with Crippen LogP contribution in [-0.4, -0.2) is 9.85 Å². The molecule has 0 N–H and O–H groups in total. The fourth-order valence-electron chi connectivity index (χ4n) is 1.86. The van der Waals surface area contributed by atoms with Gasteiger partial charge in [-0.2, -0.15) is 0 Å². The standard InChI is InChI=1S/C12H8N5O5P/c13-14-15-23(22,11-5-1-9(2-6-11)16(18)19)12-7-3-10(4-8-12)17(20)21/h1-8H. The van der Waals surface area contributed by atoms with Crippen molar-refractivity contribution in [1.29, 1.82) is 0 Å². The third kappa shape index (κ3) is 3.18. The van der Waals surface area contributed by atoms with Crippen LogP contribution in [0.1, 0.15) is 0 Å². The Hall–Kier alpha value is -3.22. The number of rotatable bonds is 5. The van der Waals surface area contributed by atoms with Gasteiger partial charge in [0.1, 0.15) is 0 Å². The van der Waals surface area contributed by atoms with Crippen molar-refractivity contribution in [2.24, 2.45) is 4.88 Å². The lowest BCUT2D eigenvalue weighted by Gasteiger charge is -2.12. The van der Waals surface area contributed by atoms with E-state index in [0.29, 0.717) is 0 Å². The lowest BCUT2D eigenvalue weighted by molar-refractivity contribution is -0.385. The van der Waals surface area contributed by atoms with Crippen molar-refractivity contribution >= 4 is 29.3 Å².